The predicted molar refractivity (Wildman–Crippen MR) is 83.9 cm³/mol. The van der Waals surface area contributed by atoms with E-state index in [1.54, 1.807) is 0 Å². The Morgan fingerprint density at radius 1 is 1.14 bits per heavy atom. The van der Waals surface area contributed by atoms with Gasteiger partial charge in [0.2, 0.25) is 11.9 Å². The Morgan fingerprint density at radius 2 is 1.82 bits per heavy atom. The van der Waals surface area contributed by atoms with Crippen molar-refractivity contribution in [1.29, 1.82) is 0 Å². The van der Waals surface area contributed by atoms with Crippen LogP contribution in [0.4, 0.5) is 11.9 Å². The SMILES string of the molecule is CC1C[C@@H]1c1nc(NC2CC2)nc(N2CCS(=O)(=O)CC2)n1. The van der Waals surface area contributed by atoms with Gasteiger partial charge in [0.1, 0.15) is 5.82 Å². The molecule has 0 aromatic carbocycles. The van der Waals surface area contributed by atoms with E-state index < -0.39 is 9.84 Å². The maximum atomic E-state index is 11.6. The molecule has 2 heterocycles. The van der Waals surface area contributed by atoms with E-state index >= 15 is 0 Å². The highest BCUT2D eigenvalue weighted by Gasteiger charge is 2.38. The van der Waals surface area contributed by atoms with E-state index in [4.69, 9.17) is 0 Å². The molecule has 1 aromatic heterocycles. The van der Waals surface area contributed by atoms with Crippen molar-refractivity contribution in [3.05, 3.63) is 5.82 Å². The normalized spacial score (nSPS) is 30.1. The van der Waals surface area contributed by atoms with Gasteiger partial charge in [0.05, 0.1) is 11.5 Å². The van der Waals surface area contributed by atoms with Gasteiger partial charge in [-0.15, -0.1) is 0 Å². The van der Waals surface area contributed by atoms with Crippen LogP contribution in [0, 0.1) is 5.92 Å². The molecule has 2 aliphatic carbocycles. The maximum absolute atomic E-state index is 11.6. The molecule has 2 saturated carbocycles. The average molecular weight is 323 g/mol. The maximum Gasteiger partial charge on any atom is 0.230 e. The molecule has 4 rings (SSSR count). The van der Waals surface area contributed by atoms with Gasteiger partial charge in [0.25, 0.3) is 0 Å². The second-order valence-corrected chi connectivity index (χ2v) is 9.00. The van der Waals surface area contributed by atoms with Crippen LogP contribution in [0.1, 0.15) is 37.9 Å². The van der Waals surface area contributed by atoms with Crippen molar-refractivity contribution in [3.63, 3.8) is 0 Å². The molecule has 0 bridgehead atoms. The molecule has 3 aliphatic rings. The van der Waals surface area contributed by atoms with E-state index in [2.05, 4.69) is 27.2 Å². The van der Waals surface area contributed by atoms with Crippen molar-refractivity contribution in [3.8, 4) is 0 Å². The Hall–Kier alpha value is -1.44. The lowest BCUT2D eigenvalue weighted by molar-refractivity contribution is 0.585. The highest BCUT2D eigenvalue weighted by atomic mass is 32.2. The molecule has 8 heteroatoms. The van der Waals surface area contributed by atoms with Crippen molar-refractivity contribution in [1.82, 2.24) is 15.0 Å². The van der Waals surface area contributed by atoms with Gasteiger partial charge in [0, 0.05) is 25.0 Å². The van der Waals surface area contributed by atoms with E-state index in [-0.39, 0.29) is 11.5 Å². The highest BCUT2D eigenvalue weighted by Crippen LogP contribution is 2.45. The number of hydrogen-bond acceptors (Lipinski definition) is 7. The topological polar surface area (TPSA) is 88.1 Å². The molecule has 22 heavy (non-hydrogen) atoms. The van der Waals surface area contributed by atoms with Crippen molar-refractivity contribution >= 4 is 21.7 Å². The Labute approximate surface area is 130 Å². The third-order valence-corrected chi connectivity index (χ3v) is 6.23. The van der Waals surface area contributed by atoms with Gasteiger partial charge in [-0.25, -0.2) is 8.42 Å². The van der Waals surface area contributed by atoms with Crippen molar-refractivity contribution in [2.45, 2.75) is 38.1 Å². The van der Waals surface area contributed by atoms with Crippen LogP contribution in [-0.4, -0.2) is 54.0 Å². The summed E-state index contributed by atoms with van der Waals surface area (Å²) in [7, 11) is -2.89. The Kier molecular flexibility index (Phi) is 3.25. The molecule has 120 valence electrons. The first-order valence-corrected chi connectivity index (χ1v) is 9.80. The third kappa shape index (κ3) is 3.02. The lowest BCUT2D eigenvalue weighted by Gasteiger charge is -2.27. The Morgan fingerprint density at radius 3 is 2.41 bits per heavy atom. The molecule has 7 nitrogen and oxygen atoms in total. The molecule has 1 saturated heterocycles. The first kappa shape index (κ1) is 14.2. The van der Waals surface area contributed by atoms with Crippen LogP contribution < -0.4 is 10.2 Å². The zero-order valence-electron chi connectivity index (χ0n) is 12.7. The fraction of sp³-hybridized carbons (Fsp3) is 0.786. The summed E-state index contributed by atoms with van der Waals surface area (Å²) in [4.78, 5) is 15.7. The number of nitrogens with one attached hydrogen (secondary N) is 1. The van der Waals surface area contributed by atoms with Gasteiger partial charge >= 0.3 is 0 Å². The first-order chi connectivity index (χ1) is 10.5. The van der Waals surface area contributed by atoms with E-state index in [1.165, 1.54) is 0 Å². The van der Waals surface area contributed by atoms with Gasteiger partial charge in [-0.1, -0.05) is 6.92 Å². The minimum absolute atomic E-state index is 0.180. The number of nitrogens with zero attached hydrogens (tertiary/aromatic N) is 4. The van der Waals surface area contributed by atoms with Gasteiger partial charge in [-0.2, -0.15) is 15.0 Å². The predicted octanol–water partition coefficient (Wildman–Crippen LogP) is 0.804. The van der Waals surface area contributed by atoms with Crippen LogP contribution in [0.3, 0.4) is 0 Å². The third-order valence-electron chi connectivity index (χ3n) is 4.62. The zero-order valence-corrected chi connectivity index (χ0v) is 13.5. The fourth-order valence-electron chi connectivity index (χ4n) is 2.76. The second-order valence-electron chi connectivity index (χ2n) is 6.69. The van der Waals surface area contributed by atoms with Gasteiger partial charge in [0.15, 0.2) is 9.84 Å². The molecule has 1 aliphatic heterocycles. The van der Waals surface area contributed by atoms with Crippen LogP contribution in [0.2, 0.25) is 0 Å². The summed E-state index contributed by atoms with van der Waals surface area (Å²) >= 11 is 0. The zero-order chi connectivity index (χ0) is 15.3. The number of anilines is 2. The minimum atomic E-state index is -2.89. The summed E-state index contributed by atoms with van der Waals surface area (Å²) < 4.78 is 23.2. The van der Waals surface area contributed by atoms with Crippen molar-refractivity contribution < 1.29 is 8.42 Å². The van der Waals surface area contributed by atoms with Crippen molar-refractivity contribution in [2.24, 2.45) is 5.92 Å². The van der Waals surface area contributed by atoms with Gasteiger partial charge in [-0.05, 0) is 25.2 Å². The number of rotatable bonds is 4. The number of aromatic nitrogens is 3. The molecule has 2 atom stereocenters. The number of sulfone groups is 1. The van der Waals surface area contributed by atoms with Crippen LogP contribution in [0.15, 0.2) is 0 Å². The summed E-state index contributed by atoms with van der Waals surface area (Å²) in [5, 5.41) is 3.34. The standard InChI is InChI=1S/C14H21N5O2S/c1-9-8-11(9)12-16-13(15-10-2-3-10)18-14(17-12)19-4-6-22(20,21)7-5-19/h9-11H,2-8H2,1H3,(H,15,16,17,18)/t9?,11-/m0/s1. The van der Waals surface area contributed by atoms with E-state index in [0.29, 0.717) is 42.9 Å². The van der Waals surface area contributed by atoms with Crippen LogP contribution in [0.25, 0.3) is 0 Å². The van der Waals surface area contributed by atoms with Gasteiger partial charge in [-0.3, -0.25) is 0 Å². The first-order valence-electron chi connectivity index (χ1n) is 7.98. The Balaban J connectivity index is 1.59. The highest BCUT2D eigenvalue weighted by molar-refractivity contribution is 7.91. The molecule has 0 spiro atoms. The molecule has 1 N–H and O–H groups in total. The van der Waals surface area contributed by atoms with E-state index in [1.807, 2.05) is 4.90 Å². The van der Waals surface area contributed by atoms with Crippen LogP contribution in [-0.2, 0) is 9.84 Å². The smallest absolute Gasteiger partial charge is 0.230 e. The van der Waals surface area contributed by atoms with Crippen molar-refractivity contribution in [2.75, 3.05) is 34.8 Å². The summed E-state index contributed by atoms with van der Waals surface area (Å²) in [5.74, 6) is 3.55. The van der Waals surface area contributed by atoms with Crippen LogP contribution >= 0.6 is 0 Å². The molecule has 1 unspecified atom stereocenters. The summed E-state index contributed by atoms with van der Waals surface area (Å²) in [6.07, 6.45) is 3.46. The van der Waals surface area contributed by atoms with Gasteiger partial charge < -0.3 is 10.2 Å². The molecule has 0 amide bonds. The fourth-order valence-corrected chi connectivity index (χ4v) is 3.96. The molecular formula is C14H21N5O2S. The second kappa shape index (κ2) is 5.04. The summed E-state index contributed by atoms with van der Waals surface area (Å²) in [5.41, 5.74) is 0. The summed E-state index contributed by atoms with van der Waals surface area (Å²) in [6, 6.07) is 0.487. The molecular weight excluding hydrogens is 302 g/mol. The minimum Gasteiger partial charge on any atom is -0.351 e. The lowest BCUT2D eigenvalue weighted by atomic mass is 10.3. The lowest BCUT2D eigenvalue weighted by Crippen LogP contribution is -2.41. The number of hydrogen-bond donors (Lipinski definition) is 1. The van der Waals surface area contributed by atoms with E-state index in [9.17, 15) is 8.42 Å². The van der Waals surface area contributed by atoms with Crippen LogP contribution in [0.5, 0.6) is 0 Å². The molecule has 1 aromatic rings. The Bertz CT molecular complexity index is 674. The molecule has 0 radical (unpaired) electrons. The average Bonchev–Trinajstić information content (AvgIpc) is 3.37. The monoisotopic (exact) mass is 323 g/mol. The van der Waals surface area contributed by atoms with E-state index in [0.717, 1.165) is 25.1 Å². The largest absolute Gasteiger partial charge is 0.351 e. The summed E-state index contributed by atoms with van der Waals surface area (Å²) in [6.45, 7) is 3.14. The quantitative estimate of drug-likeness (QED) is 0.877. The molecule has 3 fully saturated rings.